The third-order valence-corrected chi connectivity index (χ3v) is 4.03. The van der Waals surface area contributed by atoms with Crippen LogP contribution in [-0.2, 0) is 31.9 Å². The molecule has 0 aliphatic heterocycles. The quantitative estimate of drug-likeness (QED) is 0.665. The number of hydrogen-bond donors (Lipinski definition) is 1. The van der Waals surface area contributed by atoms with Gasteiger partial charge in [-0.25, -0.2) is 0 Å². The highest BCUT2D eigenvalue weighted by Crippen LogP contribution is 2.40. The number of benzene rings is 1. The molecule has 1 N–H and O–H groups in total. The van der Waals surface area contributed by atoms with Crippen LogP contribution in [0.2, 0.25) is 0 Å². The van der Waals surface area contributed by atoms with Crippen LogP contribution in [0.5, 0.6) is 0 Å². The molecule has 5 nitrogen and oxygen atoms in total. The molecule has 1 aromatic carbocycles. The second kappa shape index (κ2) is 6.48. The van der Waals surface area contributed by atoms with Gasteiger partial charge in [-0.3, -0.25) is 9.59 Å². The molecule has 0 aromatic heterocycles. The normalized spacial score (nSPS) is 16.7. The maximum atomic E-state index is 12.4. The summed E-state index contributed by atoms with van der Waals surface area (Å²) in [5.74, 6) is -1.08. The second-order valence-electron chi connectivity index (χ2n) is 5.58. The lowest BCUT2D eigenvalue weighted by Gasteiger charge is -2.23. The van der Waals surface area contributed by atoms with Gasteiger partial charge in [0.1, 0.15) is 0 Å². The molecule has 0 saturated carbocycles. The fourth-order valence-corrected chi connectivity index (χ4v) is 2.87. The molecule has 0 amide bonds. The van der Waals surface area contributed by atoms with E-state index in [1.165, 1.54) is 0 Å². The Morgan fingerprint density at radius 2 is 1.68 bits per heavy atom. The molecule has 1 aliphatic carbocycles. The standard InChI is InChI=1S/C17H22O5/c1-4-21-15(19)17(16(20)22-5-2)9-13-7-6-12(11(3)18)8-14(13)10-17/h6-8,11,18H,4-5,9-10H2,1-3H3. The molecule has 5 heteroatoms. The maximum Gasteiger partial charge on any atom is 0.324 e. The average Bonchev–Trinajstić information content (AvgIpc) is 2.87. The molecule has 2 rings (SSSR count). The van der Waals surface area contributed by atoms with Gasteiger partial charge in [0.2, 0.25) is 0 Å². The SMILES string of the molecule is CCOC(=O)C1(C(=O)OCC)Cc2ccc(C(C)O)cc2C1. The number of ether oxygens (including phenoxy) is 2. The Hall–Kier alpha value is -1.88. The minimum atomic E-state index is -1.30. The first-order valence-corrected chi connectivity index (χ1v) is 7.58. The lowest BCUT2D eigenvalue weighted by molar-refractivity contribution is -0.171. The Balaban J connectivity index is 2.37. The van der Waals surface area contributed by atoms with Crippen molar-refractivity contribution < 1.29 is 24.2 Å². The summed E-state index contributed by atoms with van der Waals surface area (Å²) in [5.41, 5.74) is 1.28. The highest BCUT2D eigenvalue weighted by Gasteiger charge is 2.52. The van der Waals surface area contributed by atoms with Gasteiger partial charge in [0.05, 0.1) is 19.3 Å². The number of carbonyl (C=O) groups is 2. The minimum Gasteiger partial charge on any atom is -0.465 e. The molecule has 0 saturated heterocycles. The molecule has 1 atom stereocenters. The zero-order valence-corrected chi connectivity index (χ0v) is 13.2. The van der Waals surface area contributed by atoms with E-state index in [9.17, 15) is 14.7 Å². The molecule has 0 radical (unpaired) electrons. The van der Waals surface area contributed by atoms with Crippen molar-refractivity contribution in [3.8, 4) is 0 Å². The number of rotatable bonds is 5. The largest absolute Gasteiger partial charge is 0.465 e. The van der Waals surface area contributed by atoms with Crippen molar-refractivity contribution >= 4 is 11.9 Å². The summed E-state index contributed by atoms with van der Waals surface area (Å²) in [6.45, 7) is 5.54. The van der Waals surface area contributed by atoms with Gasteiger partial charge < -0.3 is 14.6 Å². The van der Waals surface area contributed by atoms with Crippen LogP contribution in [0.3, 0.4) is 0 Å². The maximum absolute atomic E-state index is 12.4. The zero-order valence-electron chi connectivity index (χ0n) is 13.2. The van der Waals surface area contributed by atoms with Gasteiger partial charge in [-0.2, -0.15) is 0 Å². The van der Waals surface area contributed by atoms with Crippen LogP contribution in [0.15, 0.2) is 18.2 Å². The number of aliphatic hydroxyl groups is 1. The molecule has 1 unspecified atom stereocenters. The van der Waals surface area contributed by atoms with Crippen molar-refractivity contribution in [3.63, 3.8) is 0 Å². The van der Waals surface area contributed by atoms with E-state index in [4.69, 9.17) is 9.47 Å². The Morgan fingerprint density at radius 3 is 2.18 bits per heavy atom. The molecule has 0 spiro atoms. The summed E-state index contributed by atoms with van der Waals surface area (Å²) in [6, 6.07) is 5.52. The fraction of sp³-hybridized carbons (Fsp3) is 0.529. The molecule has 0 bridgehead atoms. The molecular formula is C17H22O5. The molecule has 1 aromatic rings. The number of esters is 2. The van der Waals surface area contributed by atoms with E-state index in [0.29, 0.717) is 0 Å². The second-order valence-corrected chi connectivity index (χ2v) is 5.58. The van der Waals surface area contributed by atoms with E-state index >= 15 is 0 Å². The average molecular weight is 306 g/mol. The van der Waals surface area contributed by atoms with Gasteiger partial charge in [0.25, 0.3) is 0 Å². The molecule has 120 valence electrons. The third-order valence-electron chi connectivity index (χ3n) is 4.03. The lowest BCUT2D eigenvalue weighted by atomic mass is 9.84. The first-order chi connectivity index (χ1) is 10.4. The summed E-state index contributed by atoms with van der Waals surface area (Å²) in [6.07, 6.45) is -0.0637. The van der Waals surface area contributed by atoms with Crippen LogP contribution in [0, 0.1) is 5.41 Å². The molecule has 0 fully saturated rings. The van der Waals surface area contributed by atoms with Crippen molar-refractivity contribution in [2.75, 3.05) is 13.2 Å². The van der Waals surface area contributed by atoms with Crippen LogP contribution < -0.4 is 0 Å². The highest BCUT2D eigenvalue weighted by atomic mass is 16.6. The highest BCUT2D eigenvalue weighted by molar-refractivity contribution is 6.01. The van der Waals surface area contributed by atoms with Crippen LogP contribution >= 0.6 is 0 Å². The van der Waals surface area contributed by atoms with Gasteiger partial charge in [-0.1, -0.05) is 18.2 Å². The number of aliphatic hydroxyl groups excluding tert-OH is 1. The van der Waals surface area contributed by atoms with E-state index in [-0.39, 0.29) is 26.1 Å². The van der Waals surface area contributed by atoms with E-state index < -0.39 is 23.5 Å². The fourth-order valence-electron chi connectivity index (χ4n) is 2.87. The Bertz CT molecular complexity index is 558. The first kappa shape index (κ1) is 16.5. The van der Waals surface area contributed by atoms with Gasteiger partial charge in [-0.15, -0.1) is 0 Å². The van der Waals surface area contributed by atoms with Crippen LogP contribution in [0.25, 0.3) is 0 Å². The first-order valence-electron chi connectivity index (χ1n) is 7.58. The Labute approximate surface area is 130 Å². The summed E-state index contributed by atoms with van der Waals surface area (Å²) in [5, 5.41) is 9.69. The van der Waals surface area contributed by atoms with E-state index in [1.807, 2.05) is 18.2 Å². The summed E-state index contributed by atoms with van der Waals surface area (Å²) in [4.78, 5) is 24.8. The molecular weight excluding hydrogens is 284 g/mol. The van der Waals surface area contributed by atoms with E-state index in [1.54, 1.807) is 20.8 Å². The summed E-state index contributed by atoms with van der Waals surface area (Å²) >= 11 is 0. The Kier molecular flexibility index (Phi) is 4.86. The number of hydrogen-bond acceptors (Lipinski definition) is 5. The lowest BCUT2D eigenvalue weighted by Crippen LogP contribution is -2.43. The summed E-state index contributed by atoms with van der Waals surface area (Å²) < 4.78 is 10.2. The third kappa shape index (κ3) is 2.86. The van der Waals surface area contributed by atoms with Gasteiger partial charge in [-0.05, 0) is 50.3 Å². The topological polar surface area (TPSA) is 72.8 Å². The monoisotopic (exact) mass is 306 g/mol. The predicted molar refractivity (Wildman–Crippen MR) is 80.2 cm³/mol. The van der Waals surface area contributed by atoms with Crippen LogP contribution in [-0.4, -0.2) is 30.3 Å². The number of carbonyl (C=O) groups excluding carboxylic acids is 2. The molecule has 22 heavy (non-hydrogen) atoms. The number of fused-ring (bicyclic) bond motifs is 1. The van der Waals surface area contributed by atoms with Crippen molar-refractivity contribution in [3.05, 3.63) is 34.9 Å². The van der Waals surface area contributed by atoms with Crippen LogP contribution in [0.1, 0.15) is 43.6 Å². The van der Waals surface area contributed by atoms with Gasteiger partial charge in [0.15, 0.2) is 5.41 Å². The zero-order chi connectivity index (χ0) is 16.3. The van der Waals surface area contributed by atoms with E-state index in [2.05, 4.69) is 0 Å². The van der Waals surface area contributed by atoms with E-state index in [0.717, 1.165) is 16.7 Å². The van der Waals surface area contributed by atoms with Crippen molar-refractivity contribution in [1.82, 2.24) is 0 Å². The van der Waals surface area contributed by atoms with Crippen molar-refractivity contribution in [2.45, 2.75) is 39.7 Å². The molecule has 0 heterocycles. The molecule has 1 aliphatic rings. The smallest absolute Gasteiger partial charge is 0.324 e. The predicted octanol–water partition coefficient (Wildman–Crippen LogP) is 1.95. The van der Waals surface area contributed by atoms with Gasteiger partial charge in [0, 0.05) is 0 Å². The summed E-state index contributed by atoms with van der Waals surface area (Å²) in [7, 11) is 0. The Morgan fingerprint density at radius 1 is 1.14 bits per heavy atom. The van der Waals surface area contributed by atoms with Crippen molar-refractivity contribution in [2.24, 2.45) is 5.41 Å². The van der Waals surface area contributed by atoms with Gasteiger partial charge >= 0.3 is 11.9 Å². The van der Waals surface area contributed by atoms with Crippen molar-refractivity contribution in [1.29, 1.82) is 0 Å². The van der Waals surface area contributed by atoms with Crippen LogP contribution in [0.4, 0.5) is 0 Å². The minimum absolute atomic E-state index is 0.218.